The Labute approximate surface area is 243 Å². The normalized spacial score (nSPS) is 16.3. The smallest absolute Gasteiger partial charge is 0.254 e. The van der Waals surface area contributed by atoms with Crippen LogP contribution in [0.1, 0.15) is 41.4 Å². The minimum atomic E-state index is 0.0669. The summed E-state index contributed by atoms with van der Waals surface area (Å²) in [4.78, 5) is 20.2. The Balaban J connectivity index is 1.36. The van der Waals surface area contributed by atoms with E-state index < -0.39 is 0 Å². The second-order valence-electron chi connectivity index (χ2n) is 10.8. The molecule has 8 heteroatoms. The molecule has 0 aliphatic carbocycles. The second kappa shape index (κ2) is 13.3. The average Bonchev–Trinajstić information content (AvgIpc) is 2.98. The maximum absolute atomic E-state index is 13.3. The first kappa shape index (κ1) is 28.1. The third kappa shape index (κ3) is 6.81. The number of rotatable bonds is 7. The van der Waals surface area contributed by atoms with E-state index in [-0.39, 0.29) is 18.0 Å². The fourth-order valence-electron chi connectivity index (χ4n) is 5.62. The molecule has 2 heterocycles. The summed E-state index contributed by atoms with van der Waals surface area (Å²) in [5.74, 6) is 0.0669. The van der Waals surface area contributed by atoms with Crippen molar-refractivity contribution in [2.24, 2.45) is 0 Å². The van der Waals surface area contributed by atoms with Crippen LogP contribution >= 0.6 is 12.2 Å². The van der Waals surface area contributed by atoms with Crippen molar-refractivity contribution in [3.63, 3.8) is 0 Å². The molecule has 5 rings (SSSR count). The van der Waals surface area contributed by atoms with Gasteiger partial charge < -0.3 is 25.8 Å². The maximum atomic E-state index is 13.3. The number of carbonyl (C=O) groups excluding carboxylic acids is 1. The van der Waals surface area contributed by atoms with E-state index in [2.05, 4.69) is 106 Å². The first-order valence-electron chi connectivity index (χ1n) is 14.3. The number of thiocarbonyl (C=S) groups is 1. The highest BCUT2D eigenvalue weighted by Crippen LogP contribution is 2.33. The quantitative estimate of drug-likeness (QED) is 0.374. The number of piperazine rings is 2. The molecule has 0 atom stereocenters. The van der Waals surface area contributed by atoms with Crippen molar-refractivity contribution in [2.45, 2.75) is 25.9 Å². The highest BCUT2D eigenvalue weighted by molar-refractivity contribution is 7.80. The Morgan fingerprint density at radius 1 is 0.825 bits per heavy atom. The summed E-state index contributed by atoms with van der Waals surface area (Å²) in [7, 11) is 0. The van der Waals surface area contributed by atoms with Gasteiger partial charge in [0.15, 0.2) is 5.11 Å². The Morgan fingerprint density at radius 2 is 1.43 bits per heavy atom. The standard InChI is InChI=1S/C32H40N6OS/c1-24(2)34-32(40)35-28-23-27(31(39)38-17-15-33-16-18-38)13-14-29(28)36-19-21-37(22-20-36)30(25-9-5-3-6-10-25)26-11-7-4-8-12-26/h3-14,23-24,30,33H,15-22H2,1-2H3,(H2,34,35,40). The van der Waals surface area contributed by atoms with Crippen molar-refractivity contribution < 1.29 is 4.79 Å². The Morgan fingerprint density at radius 3 is 2.00 bits per heavy atom. The first-order valence-corrected chi connectivity index (χ1v) is 14.7. The Bertz CT molecular complexity index is 1230. The lowest BCUT2D eigenvalue weighted by Crippen LogP contribution is -2.48. The fourth-order valence-corrected chi connectivity index (χ4v) is 5.97. The molecule has 2 saturated heterocycles. The van der Waals surface area contributed by atoms with Crippen LogP contribution in [0.15, 0.2) is 78.9 Å². The first-order chi connectivity index (χ1) is 19.5. The molecule has 0 bridgehead atoms. The van der Waals surface area contributed by atoms with Crippen LogP contribution in [0.3, 0.4) is 0 Å². The zero-order valence-corrected chi connectivity index (χ0v) is 24.3. The maximum Gasteiger partial charge on any atom is 0.254 e. The van der Waals surface area contributed by atoms with Gasteiger partial charge in [0.1, 0.15) is 0 Å². The zero-order chi connectivity index (χ0) is 27.9. The number of anilines is 2. The number of hydrogen-bond acceptors (Lipinski definition) is 5. The summed E-state index contributed by atoms with van der Waals surface area (Å²) in [5, 5.41) is 10.6. The highest BCUT2D eigenvalue weighted by atomic mass is 32.1. The lowest BCUT2D eigenvalue weighted by molar-refractivity contribution is 0.0736. The van der Waals surface area contributed by atoms with E-state index in [1.165, 1.54) is 11.1 Å². The average molecular weight is 557 g/mol. The van der Waals surface area contributed by atoms with Gasteiger partial charge in [-0.05, 0) is 55.4 Å². The predicted octanol–water partition coefficient (Wildman–Crippen LogP) is 4.34. The summed E-state index contributed by atoms with van der Waals surface area (Å²) in [6.45, 7) is 10.8. The Hall–Kier alpha value is -3.46. The van der Waals surface area contributed by atoms with Crippen LogP contribution in [0.25, 0.3) is 0 Å². The molecule has 40 heavy (non-hydrogen) atoms. The highest BCUT2D eigenvalue weighted by Gasteiger charge is 2.28. The monoisotopic (exact) mass is 556 g/mol. The van der Waals surface area contributed by atoms with Crippen LogP contribution in [0.5, 0.6) is 0 Å². The molecule has 0 radical (unpaired) electrons. The number of carbonyl (C=O) groups is 1. The topological polar surface area (TPSA) is 62.9 Å². The predicted molar refractivity (Wildman–Crippen MR) is 168 cm³/mol. The van der Waals surface area contributed by atoms with Crippen LogP contribution in [0.4, 0.5) is 11.4 Å². The molecule has 210 valence electrons. The number of nitrogens with zero attached hydrogens (tertiary/aromatic N) is 3. The number of benzene rings is 3. The minimum absolute atomic E-state index is 0.0669. The number of hydrogen-bond donors (Lipinski definition) is 3. The SMILES string of the molecule is CC(C)NC(=S)Nc1cc(C(=O)N2CCNCC2)ccc1N1CCN(C(c2ccccc2)c2ccccc2)CC1. The minimum Gasteiger partial charge on any atom is -0.367 e. The van der Waals surface area contributed by atoms with Gasteiger partial charge in [-0.1, -0.05) is 60.7 Å². The van der Waals surface area contributed by atoms with Gasteiger partial charge in [-0.2, -0.15) is 0 Å². The van der Waals surface area contributed by atoms with Crippen LogP contribution in [-0.2, 0) is 0 Å². The van der Waals surface area contributed by atoms with Crippen LogP contribution in [-0.4, -0.2) is 79.2 Å². The fraction of sp³-hybridized carbons (Fsp3) is 0.375. The van der Waals surface area contributed by atoms with Crippen molar-refractivity contribution in [2.75, 3.05) is 62.6 Å². The molecular weight excluding hydrogens is 516 g/mol. The summed E-state index contributed by atoms with van der Waals surface area (Å²) in [5.41, 5.74) is 5.25. The molecule has 3 N–H and O–H groups in total. The lowest BCUT2D eigenvalue weighted by atomic mass is 9.96. The van der Waals surface area contributed by atoms with E-state index in [0.717, 1.165) is 63.7 Å². The van der Waals surface area contributed by atoms with Gasteiger partial charge in [0, 0.05) is 64.0 Å². The molecule has 0 aromatic heterocycles. The van der Waals surface area contributed by atoms with Gasteiger partial charge in [0.25, 0.3) is 5.91 Å². The van der Waals surface area contributed by atoms with Gasteiger partial charge >= 0.3 is 0 Å². The number of amides is 1. The molecule has 3 aromatic rings. The number of nitrogens with one attached hydrogen (secondary N) is 3. The van der Waals surface area contributed by atoms with Gasteiger partial charge in [-0.3, -0.25) is 9.69 Å². The van der Waals surface area contributed by atoms with Crippen molar-refractivity contribution >= 4 is 34.6 Å². The van der Waals surface area contributed by atoms with Crippen LogP contribution in [0, 0.1) is 0 Å². The summed E-state index contributed by atoms with van der Waals surface area (Å²) in [6.07, 6.45) is 0. The third-order valence-electron chi connectivity index (χ3n) is 7.57. The van der Waals surface area contributed by atoms with E-state index in [0.29, 0.717) is 10.7 Å². The van der Waals surface area contributed by atoms with E-state index in [1.54, 1.807) is 0 Å². The van der Waals surface area contributed by atoms with Crippen molar-refractivity contribution in [1.82, 2.24) is 20.4 Å². The molecule has 0 saturated carbocycles. The largest absolute Gasteiger partial charge is 0.367 e. The van der Waals surface area contributed by atoms with E-state index in [1.807, 2.05) is 17.0 Å². The van der Waals surface area contributed by atoms with Crippen molar-refractivity contribution in [3.8, 4) is 0 Å². The van der Waals surface area contributed by atoms with E-state index in [4.69, 9.17) is 12.2 Å². The summed E-state index contributed by atoms with van der Waals surface area (Å²) in [6, 6.07) is 28.0. The molecule has 0 spiro atoms. The van der Waals surface area contributed by atoms with Crippen molar-refractivity contribution in [1.29, 1.82) is 0 Å². The Kier molecular flexibility index (Phi) is 9.31. The van der Waals surface area contributed by atoms with Crippen molar-refractivity contribution in [3.05, 3.63) is 95.6 Å². The van der Waals surface area contributed by atoms with Gasteiger partial charge in [0.2, 0.25) is 0 Å². The molecule has 2 fully saturated rings. The molecule has 3 aromatic carbocycles. The van der Waals surface area contributed by atoms with E-state index >= 15 is 0 Å². The zero-order valence-electron chi connectivity index (χ0n) is 23.5. The summed E-state index contributed by atoms with van der Waals surface area (Å²) < 4.78 is 0. The molecule has 7 nitrogen and oxygen atoms in total. The summed E-state index contributed by atoms with van der Waals surface area (Å²) >= 11 is 5.62. The molecule has 2 aliphatic rings. The van der Waals surface area contributed by atoms with Crippen LogP contribution < -0.4 is 20.9 Å². The molecular formula is C32H40N6OS. The molecule has 2 aliphatic heterocycles. The van der Waals surface area contributed by atoms with E-state index in [9.17, 15) is 4.79 Å². The molecule has 1 amide bonds. The van der Waals surface area contributed by atoms with Gasteiger partial charge in [0.05, 0.1) is 17.4 Å². The van der Waals surface area contributed by atoms with Gasteiger partial charge in [-0.15, -0.1) is 0 Å². The van der Waals surface area contributed by atoms with Gasteiger partial charge in [-0.25, -0.2) is 0 Å². The lowest BCUT2D eigenvalue weighted by Gasteiger charge is -2.41. The second-order valence-corrected chi connectivity index (χ2v) is 11.2. The van der Waals surface area contributed by atoms with Crippen LogP contribution in [0.2, 0.25) is 0 Å². The molecule has 0 unspecified atom stereocenters. The third-order valence-corrected chi connectivity index (χ3v) is 7.79.